The summed E-state index contributed by atoms with van der Waals surface area (Å²) in [6.07, 6.45) is 9.17. The van der Waals surface area contributed by atoms with Crippen LogP contribution >= 0.6 is 0 Å². The third kappa shape index (κ3) is 2.78. The average molecular weight is 236 g/mol. The fraction of sp³-hybridized carbons (Fsp3) is 0.500. The molecule has 0 aromatic carbocycles. The number of carbonyl (C=O) groups is 1. The first kappa shape index (κ1) is 13.6. The number of hydrogen-bond acceptors (Lipinski definition) is 3. The van der Waals surface area contributed by atoms with Gasteiger partial charge in [-0.1, -0.05) is 23.8 Å². The van der Waals surface area contributed by atoms with Crippen LogP contribution in [0, 0.1) is 5.41 Å². The second kappa shape index (κ2) is 5.71. The number of esters is 1. The van der Waals surface area contributed by atoms with E-state index < -0.39 is 5.41 Å². The predicted octanol–water partition coefficient (Wildman–Crippen LogP) is 2.99. The Morgan fingerprint density at radius 3 is 2.71 bits per heavy atom. The molecule has 0 aliphatic heterocycles. The Morgan fingerprint density at radius 2 is 2.18 bits per heavy atom. The van der Waals surface area contributed by atoms with Crippen molar-refractivity contribution >= 4 is 5.97 Å². The summed E-state index contributed by atoms with van der Waals surface area (Å²) in [5.41, 5.74) is 0.377. The fourth-order valence-corrected chi connectivity index (χ4v) is 1.94. The van der Waals surface area contributed by atoms with Crippen molar-refractivity contribution in [1.82, 2.24) is 0 Å². The number of allylic oxidation sites excluding steroid dienone is 4. The highest BCUT2D eigenvalue weighted by Crippen LogP contribution is 2.38. The molecule has 1 aliphatic rings. The van der Waals surface area contributed by atoms with Gasteiger partial charge in [0.15, 0.2) is 0 Å². The van der Waals surface area contributed by atoms with E-state index in [1.54, 1.807) is 7.11 Å². The van der Waals surface area contributed by atoms with E-state index in [0.717, 1.165) is 6.42 Å². The van der Waals surface area contributed by atoms with Crippen molar-refractivity contribution in [1.29, 1.82) is 0 Å². The summed E-state index contributed by atoms with van der Waals surface area (Å²) in [6.45, 7) is 4.02. The van der Waals surface area contributed by atoms with Crippen LogP contribution in [-0.4, -0.2) is 20.2 Å². The Bertz CT molecular complexity index is 373. The molecule has 1 rings (SSSR count). The van der Waals surface area contributed by atoms with Crippen LogP contribution in [0.1, 0.15) is 26.7 Å². The van der Waals surface area contributed by atoms with Gasteiger partial charge in [0.05, 0.1) is 14.2 Å². The van der Waals surface area contributed by atoms with Crippen LogP contribution in [0.4, 0.5) is 0 Å². The summed E-state index contributed by atoms with van der Waals surface area (Å²) in [7, 11) is 2.99. The molecular weight excluding hydrogens is 216 g/mol. The Hall–Kier alpha value is -1.51. The third-order valence-corrected chi connectivity index (χ3v) is 2.88. The number of rotatable bonds is 4. The second-order valence-electron chi connectivity index (χ2n) is 4.36. The van der Waals surface area contributed by atoms with Gasteiger partial charge >= 0.3 is 5.97 Å². The number of hydrogen-bond donors (Lipinski definition) is 0. The van der Waals surface area contributed by atoms with Crippen molar-refractivity contribution in [3.05, 3.63) is 35.6 Å². The lowest BCUT2D eigenvalue weighted by Crippen LogP contribution is -2.34. The minimum Gasteiger partial charge on any atom is -0.500 e. The summed E-state index contributed by atoms with van der Waals surface area (Å²) in [5, 5.41) is 0. The first-order chi connectivity index (χ1) is 8.06. The number of methoxy groups -OCH3 is 2. The van der Waals surface area contributed by atoms with Crippen molar-refractivity contribution in [3.63, 3.8) is 0 Å². The molecule has 0 saturated carbocycles. The van der Waals surface area contributed by atoms with Crippen LogP contribution in [0.2, 0.25) is 0 Å². The van der Waals surface area contributed by atoms with Crippen LogP contribution in [0.5, 0.6) is 0 Å². The Kier molecular flexibility index (Phi) is 4.55. The first-order valence-electron chi connectivity index (χ1n) is 5.71. The molecule has 0 aromatic heterocycles. The van der Waals surface area contributed by atoms with Crippen molar-refractivity contribution in [3.8, 4) is 0 Å². The molecule has 94 valence electrons. The molecular formula is C14H20O3. The molecule has 0 bridgehead atoms. The van der Waals surface area contributed by atoms with Crippen molar-refractivity contribution in [2.75, 3.05) is 14.2 Å². The summed E-state index contributed by atoms with van der Waals surface area (Å²) in [6, 6.07) is 0. The highest BCUT2D eigenvalue weighted by Gasteiger charge is 2.42. The predicted molar refractivity (Wildman–Crippen MR) is 67.3 cm³/mol. The van der Waals surface area contributed by atoms with Gasteiger partial charge in [-0.25, -0.2) is 0 Å². The third-order valence-electron chi connectivity index (χ3n) is 2.88. The van der Waals surface area contributed by atoms with Crippen LogP contribution in [0.3, 0.4) is 0 Å². The standard InChI is InChI=1S/C14H20O3/c1-11(2)8-10-14(13(15)17-4)9-6-5-7-12(14)16-3/h6-9H,5,10H2,1-4H3/t14-/m0/s1. The topological polar surface area (TPSA) is 35.5 Å². The number of carbonyl (C=O) groups excluding carboxylic acids is 1. The van der Waals surface area contributed by atoms with Gasteiger partial charge in [0.2, 0.25) is 0 Å². The molecule has 0 spiro atoms. The molecule has 0 N–H and O–H groups in total. The Labute approximate surface area is 103 Å². The zero-order valence-corrected chi connectivity index (χ0v) is 10.9. The van der Waals surface area contributed by atoms with E-state index in [4.69, 9.17) is 9.47 Å². The minimum absolute atomic E-state index is 0.279. The Balaban J connectivity index is 3.12. The van der Waals surface area contributed by atoms with Gasteiger partial charge in [-0.05, 0) is 32.8 Å². The van der Waals surface area contributed by atoms with E-state index in [2.05, 4.69) is 0 Å². The summed E-state index contributed by atoms with van der Waals surface area (Å²) >= 11 is 0. The molecule has 0 amide bonds. The molecule has 0 saturated heterocycles. The maximum atomic E-state index is 12.0. The maximum Gasteiger partial charge on any atom is 0.323 e. The van der Waals surface area contributed by atoms with Gasteiger partial charge in [-0.15, -0.1) is 0 Å². The summed E-state index contributed by atoms with van der Waals surface area (Å²) in [5.74, 6) is 0.392. The van der Waals surface area contributed by atoms with Gasteiger partial charge in [-0.2, -0.15) is 0 Å². The quantitative estimate of drug-likeness (QED) is 0.556. The molecule has 1 aliphatic carbocycles. The van der Waals surface area contributed by atoms with E-state index in [-0.39, 0.29) is 5.97 Å². The molecule has 3 heteroatoms. The van der Waals surface area contributed by atoms with Crippen LogP contribution in [0.15, 0.2) is 35.6 Å². The molecule has 0 heterocycles. The van der Waals surface area contributed by atoms with Gasteiger partial charge in [0.25, 0.3) is 0 Å². The van der Waals surface area contributed by atoms with Gasteiger partial charge in [-0.3, -0.25) is 4.79 Å². The molecule has 0 fully saturated rings. The fourth-order valence-electron chi connectivity index (χ4n) is 1.94. The van der Waals surface area contributed by atoms with E-state index in [1.807, 2.05) is 38.2 Å². The molecule has 0 radical (unpaired) electrons. The monoisotopic (exact) mass is 236 g/mol. The zero-order chi connectivity index (χ0) is 12.9. The lowest BCUT2D eigenvalue weighted by atomic mass is 9.78. The van der Waals surface area contributed by atoms with Crippen LogP contribution < -0.4 is 0 Å². The van der Waals surface area contributed by atoms with E-state index in [9.17, 15) is 4.79 Å². The molecule has 1 atom stereocenters. The zero-order valence-electron chi connectivity index (χ0n) is 10.9. The Morgan fingerprint density at radius 1 is 1.47 bits per heavy atom. The molecule has 0 aromatic rings. The van der Waals surface area contributed by atoms with Crippen LogP contribution in [-0.2, 0) is 14.3 Å². The van der Waals surface area contributed by atoms with E-state index in [0.29, 0.717) is 12.2 Å². The minimum atomic E-state index is -0.793. The maximum absolute atomic E-state index is 12.0. The van der Waals surface area contributed by atoms with E-state index >= 15 is 0 Å². The lowest BCUT2D eigenvalue weighted by Gasteiger charge is -2.30. The van der Waals surface area contributed by atoms with Crippen molar-refractivity contribution < 1.29 is 14.3 Å². The van der Waals surface area contributed by atoms with Crippen LogP contribution in [0.25, 0.3) is 0 Å². The lowest BCUT2D eigenvalue weighted by molar-refractivity contribution is -0.149. The van der Waals surface area contributed by atoms with Gasteiger partial charge < -0.3 is 9.47 Å². The smallest absolute Gasteiger partial charge is 0.323 e. The largest absolute Gasteiger partial charge is 0.500 e. The SMILES string of the molecule is COC(=O)[C@]1(CC=C(C)C)C=CCC=C1OC. The van der Waals surface area contributed by atoms with E-state index in [1.165, 1.54) is 12.7 Å². The summed E-state index contributed by atoms with van der Waals surface area (Å²) in [4.78, 5) is 12.0. The van der Waals surface area contributed by atoms with Gasteiger partial charge in [0, 0.05) is 0 Å². The normalized spacial score (nSPS) is 22.7. The van der Waals surface area contributed by atoms with Gasteiger partial charge in [0.1, 0.15) is 11.2 Å². The average Bonchev–Trinajstić information content (AvgIpc) is 2.35. The first-order valence-corrected chi connectivity index (χ1v) is 5.71. The molecule has 3 nitrogen and oxygen atoms in total. The number of ether oxygens (including phenoxy) is 2. The van der Waals surface area contributed by atoms with Crippen molar-refractivity contribution in [2.45, 2.75) is 26.7 Å². The highest BCUT2D eigenvalue weighted by molar-refractivity contribution is 5.83. The second-order valence-corrected chi connectivity index (χ2v) is 4.36. The van der Waals surface area contributed by atoms with Crippen molar-refractivity contribution in [2.24, 2.45) is 5.41 Å². The summed E-state index contributed by atoms with van der Waals surface area (Å²) < 4.78 is 10.3. The molecule has 17 heavy (non-hydrogen) atoms. The highest BCUT2D eigenvalue weighted by atomic mass is 16.5. The molecule has 0 unspecified atom stereocenters.